The van der Waals surface area contributed by atoms with Crippen molar-refractivity contribution in [3.8, 4) is 0 Å². The quantitative estimate of drug-likeness (QED) is 0.672. The Morgan fingerprint density at radius 3 is 3.00 bits per heavy atom. The Morgan fingerprint density at radius 2 is 2.46 bits per heavy atom. The number of H-pyrrole nitrogens is 1. The van der Waals surface area contributed by atoms with Gasteiger partial charge in [0.05, 0.1) is 0 Å². The van der Waals surface area contributed by atoms with E-state index >= 15 is 0 Å². The first-order chi connectivity index (χ1) is 6.27. The van der Waals surface area contributed by atoms with Crippen molar-refractivity contribution in [2.24, 2.45) is 5.92 Å². The lowest BCUT2D eigenvalue weighted by Gasteiger charge is -2.09. The van der Waals surface area contributed by atoms with Crippen LogP contribution in [0.15, 0.2) is 0 Å². The van der Waals surface area contributed by atoms with Crippen molar-refractivity contribution in [3.05, 3.63) is 5.82 Å². The largest absolute Gasteiger partial charge is 0.346 e. The summed E-state index contributed by atoms with van der Waals surface area (Å²) in [5.74, 6) is 0.483. The topological polar surface area (TPSA) is 83.6 Å². The number of aromatic amines is 1. The number of carbonyl (C=O) groups is 1. The van der Waals surface area contributed by atoms with E-state index in [-0.39, 0.29) is 17.8 Å². The molecule has 1 amide bonds. The molecule has 1 atom stereocenters. The number of rotatable bonds is 3. The zero-order chi connectivity index (χ0) is 9.26. The van der Waals surface area contributed by atoms with Gasteiger partial charge in [0, 0.05) is 6.04 Å². The van der Waals surface area contributed by atoms with E-state index in [9.17, 15) is 4.79 Å². The number of carbonyl (C=O) groups excluding carboxylic acids is 1. The van der Waals surface area contributed by atoms with Gasteiger partial charge < -0.3 is 5.32 Å². The predicted octanol–water partition coefficient (Wildman–Crippen LogP) is -0.272. The van der Waals surface area contributed by atoms with Gasteiger partial charge in [0.1, 0.15) is 0 Å². The molecule has 1 aliphatic carbocycles. The first-order valence-corrected chi connectivity index (χ1v) is 4.31. The van der Waals surface area contributed by atoms with Crippen LogP contribution in [0.4, 0.5) is 0 Å². The predicted molar refractivity (Wildman–Crippen MR) is 43.8 cm³/mol. The first kappa shape index (κ1) is 8.15. The van der Waals surface area contributed by atoms with Crippen molar-refractivity contribution in [1.82, 2.24) is 25.9 Å². The monoisotopic (exact) mass is 181 g/mol. The van der Waals surface area contributed by atoms with Crippen LogP contribution >= 0.6 is 0 Å². The van der Waals surface area contributed by atoms with Gasteiger partial charge in [-0.1, -0.05) is 0 Å². The van der Waals surface area contributed by atoms with Crippen molar-refractivity contribution >= 4 is 5.91 Å². The highest BCUT2D eigenvalue weighted by Crippen LogP contribution is 2.32. The minimum Gasteiger partial charge on any atom is -0.346 e. The van der Waals surface area contributed by atoms with E-state index in [0.717, 1.165) is 0 Å². The van der Waals surface area contributed by atoms with Gasteiger partial charge in [0.25, 0.3) is 11.7 Å². The average Bonchev–Trinajstić information content (AvgIpc) is 2.81. The zero-order valence-electron chi connectivity index (χ0n) is 7.32. The molecular formula is C7H11N5O. The number of aromatic nitrogens is 4. The Bertz CT molecular complexity index is 292. The van der Waals surface area contributed by atoms with Gasteiger partial charge in [-0.3, -0.25) is 4.79 Å². The van der Waals surface area contributed by atoms with Crippen molar-refractivity contribution in [2.75, 3.05) is 0 Å². The van der Waals surface area contributed by atoms with Gasteiger partial charge in [-0.25, -0.2) is 0 Å². The maximum absolute atomic E-state index is 11.4. The molecule has 13 heavy (non-hydrogen) atoms. The molecule has 1 aromatic heterocycles. The second-order valence-electron chi connectivity index (χ2n) is 3.33. The van der Waals surface area contributed by atoms with Gasteiger partial charge in [0.2, 0.25) is 0 Å². The average molecular weight is 181 g/mol. The van der Waals surface area contributed by atoms with Gasteiger partial charge in [0.15, 0.2) is 0 Å². The molecule has 1 unspecified atom stereocenters. The maximum atomic E-state index is 11.4. The SMILES string of the molecule is CC(NC(=O)c1nn[nH]n1)C1CC1. The lowest BCUT2D eigenvalue weighted by molar-refractivity contribution is 0.0925. The molecule has 6 nitrogen and oxygen atoms in total. The van der Waals surface area contributed by atoms with E-state index in [1.54, 1.807) is 0 Å². The molecule has 1 aromatic rings. The van der Waals surface area contributed by atoms with Crippen molar-refractivity contribution in [1.29, 1.82) is 0 Å². The molecule has 2 N–H and O–H groups in total. The molecule has 2 rings (SSSR count). The lowest BCUT2D eigenvalue weighted by atomic mass is 10.2. The van der Waals surface area contributed by atoms with Crippen LogP contribution in [0.5, 0.6) is 0 Å². The Balaban J connectivity index is 1.91. The third-order valence-electron chi connectivity index (χ3n) is 2.24. The second kappa shape index (κ2) is 3.12. The number of amides is 1. The van der Waals surface area contributed by atoms with Crippen LogP contribution in [-0.2, 0) is 0 Å². The highest BCUT2D eigenvalue weighted by atomic mass is 16.2. The van der Waals surface area contributed by atoms with Crippen LogP contribution in [-0.4, -0.2) is 32.6 Å². The minimum atomic E-state index is -0.256. The molecule has 0 radical (unpaired) electrons. The molecule has 1 heterocycles. The Morgan fingerprint density at radius 1 is 1.69 bits per heavy atom. The Kier molecular flexibility index (Phi) is 1.96. The summed E-state index contributed by atoms with van der Waals surface area (Å²) < 4.78 is 0. The van der Waals surface area contributed by atoms with E-state index in [0.29, 0.717) is 5.92 Å². The number of nitrogens with zero attached hydrogens (tertiary/aromatic N) is 3. The summed E-state index contributed by atoms with van der Waals surface area (Å²) >= 11 is 0. The van der Waals surface area contributed by atoms with E-state index in [4.69, 9.17) is 0 Å². The van der Waals surface area contributed by atoms with E-state index in [2.05, 4.69) is 25.9 Å². The highest BCUT2D eigenvalue weighted by molar-refractivity contribution is 5.90. The number of hydrogen-bond acceptors (Lipinski definition) is 4. The summed E-state index contributed by atoms with van der Waals surface area (Å²) in [6.45, 7) is 2.00. The van der Waals surface area contributed by atoms with Gasteiger partial charge >= 0.3 is 0 Å². The normalized spacial score (nSPS) is 18.2. The molecule has 70 valence electrons. The van der Waals surface area contributed by atoms with Crippen LogP contribution < -0.4 is 5.32 Å². The number of hydrogen-bond donors (Lipinski definition) is 2. The van der Waals surface area contributed by atoms with Crippen LogP contribution in [0.3, 0.4) is 0 Å². The molecule has 1 fully saturated rings. The van der Waals surface area contributed by atoms with Crippen molar-refractivity contribution < 1.29 is 4.79 Å². The van der Waals surface area contributed by atoms with Crippen LogP contribution in [0.25, 0.3) is 0 Å². The Hall–Kier alpha value is -1.46. The third-order valence-corrected chi connectivity index (χ3v) is 2.24. The summed E-state index contributed by atoms with van der Waals surface area (Å²) in [7, 11) is 0. The van der Waals surface area contributed by atoms with Gasteiger partial charge in [-0.05, 0) is 30.9 Å². The van der Waals surface area contributed by atoms with Gasteiger partial charge in [-0.15, -0.1) is 10.2 Å². The zero-order valence-corrected chi connectivity index (χ0v) is 7.32. The molecule has 0 saturated heterocycles. The maximum Gasteiger partial charge on any atom is 0.293 e. The highest BCUT2D eigenvalue weighted by Gasteiger charge is 2.29. The molecule has 1 aliphatic rings. The fraction of sp³-hybridized carbons (Fsp3) is 0.714. The van der Waals surface area contributed by atoms with Crippen LogP contribution in [0.2, 0.25) is 0 Å². The summed E-state index contributed by atoms with van der Waals surface area (Å²) in [5.41, 5.74) is 0. The standard InChI is InChI=1S/C7H11N5O/c1-4(5-2-3-5)8-7(13)6-9-11-12-10-6/h4-5H,2-3H2,1H3,(H,8,13)(H,9,10,11,12). The van der Waals surface area contributed by atoms with Gasteiger partial charge in [-0.2, -0.15) is 5.21 Å². The molecule has 0 aliphatic heterocycles. The Labute approximate surface area is 75.1 Å². The smallest absolute Gasteiger partial charge is 0.293 e. The summed E-state index contributed by atoms with van der Waals surface area (Å²) in [5, 5.41) is 15.6. The van der Waals surface area contributed by atoms with E-state index < -0.39 is 0 Å². The number of nitrogens with one attached hydrogen (secondary N) is 2. The van der Waals surface area contributed by atoms with Crippen molar-refractivity contribution in [2.45, 2.75) is 25.8 Å². The van der Waals surface area contributed by atoms with Crippen LogP contribution in [0.1, 0.15) is 30.4 Å². The van der Waals surface area contributed by atoms with E-state index in [1.807, 2.05) is 6.92 Å². The van der Waals surface area contributed by atoms with Crippen LogP contribution in [0, 0.1) is 5.92 Å². The summed E-state index contributed by atoms with van der Waals surface area (Å²) in [6.07, 6.45) is 2.40. The molecule has 1 saturated carbocycles. The fourth-order valence-electron chi connectivity index (χ4n) is 1.24. The molecule has 0 aromatic carbocycles. The number of tetrazole rings is 1. The summed E-state index contributed by atoms with van der Waals surface area (Å²) in [6, 6.07) is 0.214. The molecular weight excluding hydrogens is 170 g/mol. The molecule has 6 heteroatoms. The summed E-state index contributed by atoms with van der Waals surface area (Å²) in [4.78, 5) is 11.4. The van der Waals surface area contributed by atoms with Crippen molar-refractivity contribution in [3.63, 3.8) is 0 Å². The third kappa shape index (κ3) is 1.82. The van der Waals surface area contributed by atoms with E-state index in [1.165, 1.54) is 12.8 Å². The first-order valence-electron chi connectivity index (χ1n) is 4.31. The lowest BCUT2D eigenvalue weighted by Crippen LogP contribution is -2.34. The molecule has 0 spiro atoms. The molecule has 0 bridgehead atoms. The minimum absolute atomic E-state index is 0.104. The fourth-order valence-corrected chi connectivity index (χ4v) is 1.24. The second-order valence-corrected chi connectivity index (χ2v) is 3.33.